The second-order valence-electron chi connectivity index (χ2n) is 8.23. The molecule has 1 aliphatic heterocycles. The van der Waals surface area contributed by atoms with E-state index < -0.39 is 22.0 Å². The molecule has 1 atom stereocenters. The molecule has 9 heteroatoms. The minimum Gasteiger partial charge on any atom is -0.506 e. The molecule has 33 heavy (non-hydrogen) atoms. The van der Waals surface area contributed by atoms with E-state index in [9.17, 15) is 23.1 Å². The van der Waals surface area contributed by atoms with Crippen LogP contribution in [0.25, 0.3) is 10.8 Å². The number of aromatic hydroxyl groups is 1. The number of hydrogen-bond acceptors (Lipinski definition) is 5. The fourth-order valence-corrected chi connectivity index (χ4v) is 4.72. The van der Waals surface area contributed by atoms with E-state index >= 15 is 0 Å². The molecule has 3 aromatic carbocycles. The lowest BCUT2D eigenvalue weighted by Crippen LogP contribution is -2.43. The van der Waals surface area contributed by atoms with Crippen molar-refractivity contribution in [3.8, 4) is 5.75 Å². The monoisotopic (exact) mass is 467 g/mol. The molecule has 4 rings (SSSR count). The molecule has 0 aromatic heterocycles. The molecule has 8 nitrogen and oxygen atoms in total. The number of carbonyl (C=O) groups excluding carboxylic acids is 2. The zero-order chi connectivity index (χ0) is 23.8. The highest BCUT2D eigenvalue weighted by Crippen LogP contribution is 2.31. The van der Waals surface area contributed by atoms with Gasteiger partial charge >= 0.3 is 0 Å². The molecule has 2 amide bonds. The average Bonchev–Trinajstić information content (AvgIpc) is 3.25. The molecule has 3 N–H and O–H groups in total. The van der Waals surface area contributed by atoms with E-state index in [-0.39, 0.29) is 17.2 Å². The largest absolute Gasteiger partial charge is 0.506 e. The highest BCUT2D eigenvalue weighted by Gasteiger charge is 2.35. The highest BCUT2D eigenvalue weighted by atomic mass is 32.2. The summed E-state index contributed by atoms with van der Waals surface area (Å²) in [5, 5.41) is 14.9. The zero-order valence-electron chi connectivity index (χ0n) is 18.3. The molecule has 1 fully saturated rings. The molecule has 172 valence electrons. The number of aryl methyl sites for hydroxylation is 1. The summed E-state index contributed by atoms with van der Waals surface area (Å²) >= 11 is 0. The van der Waals surface area contributed by atoms with Gasteiger partial charge in [-0.25, -0.2) is 8.42 Å². The summed E-state index contributed by atoms with van der Waals surface area (Å²) in [6, 6.07) is 14.8. The van der Waals surface area contributed by atoms with Crippen molar-refractivity contribution in [2.45, 2.75) is 25.8 Å². The van der Waals surface area contributed by atoms with Gasteiger partial charge in [-0.15, -0.1) is 0 Å². The van der Waals surface area contributed by atoms with Crippen molar-refractivity contribution in [2.75, 3.05) is 22.8 Å². The zero-order valence-corrected chi connectivity index (χ0v) is 19.1. The number of sulfonamides is 1. The van der Waals surface area contributed by atoms with Crippen molar-refractivity contribution in [3.05, 3.63) is 65.7 Å². The average molecular weight is 468 g/mol. The summed E-state index contributed by atoms with van der Waals surface area (Å²) in [4.78, 5) is 27.8. The van der Waals surface area contributed by atoms with E-state index in [4.69, 9.17) is 0 Å². The van der Waals surface area contributed by atoms with Crippen molar-refractivity contribution >= 4 is 44.0 Å². The van der Waals surface area contributed by atoms with Gasteiger partial charge < -0.3 is 15.3 Å². The summed E-state index contributed by atoms with van der Waals surface area (Å²) < 4.78 is 25.6. The van der Waals surface area contributed by atoms with Crippen LogP contribution in [-0.4, -0.2) is 49.1 Å². The van der Waals surface area contributed by atoms with Crippen molar-refractivity contribution in [1.29, 1.82) is 0 Å². The number of nitrogens with one attached hydrogen (secondary N) is 2. The van der Waals surface area contributed by atoms with Gasteiger partial charge in [0, 0.05) is 17.6 Å². The number of fused-ring (bicyclic) bond motifs is 1. The van der Waals surface area contributed by atoms with Gasteiger partial charge in [0.2, 0.25) is 15.9 Å². The van der Waals surface area contributed by atoms with Crippen molar-refractivity contribution in [1.82, 2.24) is 4.90 Å². The van der Waals surface area contributed by atoms with Crippen LogP contribution in [-0.2, 0) is 14.8 Å². The van der Waals surface area contributed by atoms with Crippen LogP contribution in [0.2, 0.25) is 0 Å². The second-order valence-corrected chi connectivity index (χ2v) is 9.98. The third-order valence-corrected chi connectivity index (χ3v) is 6.34. The Bertz CT molecular complexity index is 1350. The van der Waals surface area contributed by atoms with Gasteiger partial charge in [0.1, 0.15) is 11.8 Å². The van der Waals surface area contributed by atoms with Gasteiger partial charge in [-0.05, 0) is 48.9 Å². The summed E-state index contributed by atoms with van der Waals surface area (Å²) in [7, 11) is -3.47. The van der Waals surface area contributed by atoms with Crippen LogP contribution in [0.3, 0.4) is 0 Å². The molecule has 1 heterocycles. The normalized spacial score (nSPS) is 16.1. The molecule has 1 saturated heterocycles. The molecule has 1 aliphatic rings. The Kier molecular flexibility index (Phi) is 5.99. The van der Waals surface area contributed by atoms with Crippen LogP contribution >= 0.6 is 0 Å². The maximum Gasteiger partial charge on any atom is 0.258 e. The first kappa shape index (κ1) is 22.6. The van der Waals surface area contributed by atoms with Gasteiger partial charge in [-0.2, -0.15) is 0 Å². The quantitative estimate of drug-likeness (QED) is 0.531. The van der Waals surface area contributed by atoms with Gasteiger partial charge in [-0.3, -0.25) is 14.3 Å². The van der Waals surface area contributed by atoms with E-state index in [1.54, 1.807) is 49.4 Å². The molecule has 0 aliphatic carbocycles. The standard InChI is InChI=1S/C24H25N3O5S/c1-15-9-11-17(14-20(15)26-33(2,31)32)25-23(29)21-8-5-13-27(21)24(30)19-12-10-16-6-3-4-7-18(16)22(19)28/h3-4,6-7,9-12,14,21,26,28H,5,8,13H2,1-2H3,(H,25,29). The van der Waals surface area contributed by atoms with Crippen LogP contribution in [0.4, 0.5) is 11.4 Å². The number of anilines is 2. The Morgan fingerprint density at radius 2 is 1.85 bits per heavy atom. The first-order valence-corrected chi connectivity index (χ1v) is 12.4. The van der Waals surface area contributed by atoms with Crippen LogP contribution in [0.1, 0.15) is 28.8 Å². The predicted octanol–water partition coefficient (Wildman–Crippen LogP) is 3.47. The van der Waals surface area contributed by atoms with E-state index in [0.29, 0.717) is 41.7 Å². The minimum atomic E-state index is -3.47. The Hall–Kier alpha value is -3.59. The highest BCUT2D eigenvalue weighted by molar-refractivity contribution is 7.92. The lowest BCUT2D eigenvalue weighted by atomic mass is 10.0. The third kappa shape index (κ3) is 4.78. The lowest BCUT2D eigenvalue weighted by molar-refractivity contribution is -0.119. The Morgan fingerprint density at radius 1 is 1.09 bits per heavy atom. The van der Waals surface area contributed by atoms with E-state index in [1.165, 1.54) is 4.90 Å². The molecule has 0 bridgehead atoms. The number of likely N-dealkylation sites (tertiary alicyclic amines) is 1. The van der Waals surface area contributed by atoms with Gasteiger partial charge in [0.15, 0.2) is 0 Å². The smallest absolute Gasteiger partial charge is 0.258 e. The Labute approximate surface area is 192 Å². The number of nitrogens with zero attached hydrogens (tertiary/aromatic N) is 1. The fraction of sp³-hybridized carbons (Fsp3) is 0.250. The van der Waals surface area contributed by atoms with Gasteiger partial charge in [0.05, 0.1) is 17.5 Å². The maximum absolute atomic E-state index is 13.2. The molecule has 3 aromatic rings. The summed E-state index contributed by atoms with van der Waals surface area (Å²) in [6.07, 6.45) is 2.21. The van der Waals surface area contributed by atoms with E-state index in [1.807, 2.05) is 12.1 Å². The number of rotatable bonds is 5. The van der Waals surface area contributed by atoms with Crippen molar-refractivity contribution in [2.24, 2.45) is 0 Å². The van der Waals surface area contributed by atoms with E-state index in [2.05, 4.69) is 10.0 Å². The predicted molar refractivity (Wildman–Crippen MR) is 128 cm³/mol. The molecule has 0 saturated carbocycles. The van der Waals surface area contributed by atoms with Gasteiger partial charge in [-0.1, -0.05) is 36.4 Å². The fourth-order valence-electron chi connectivity index (χ4n) is 4.10. The third-order valence-electron chi connectivity index (χ3n) is 5.75. The summed E-state index contributed by atoms with van der Waals surface area (Å²) in [6.45, 7) is 2.16. The molecular formula is C24H25N3O5S. The lowest BCUT2D eigenvalue weighted by Gasteiger charge is -2.25. The SMILES string of the molecule is Cc1ccc(NC(=O)C2CCCN2C(=O)c2ccc3ccccc3c2O)cc1NS(C)(=O)=O. The number of amides is 2. The molecule has 0 radical (unpaired) electrons. The molecule has 1 unspecified atom stereocenters. The molecular weight excluding hydrogens is 442 g/mol. The topological polar surface area (TPSA) is 116 Å². The van der Waals surface area contributed by atoms with Crippen LogP contribution < -0.4 is 10.0 Å². The number of benzene rings is 3. The second kappa shape index (κ2) is 8.74. The van der Waals surface area contributed by atoms with Crippen molar-refractivity contribution < 1.29 is 23.1 Å². The summed E-state index contributed by atoms with van der Waals surface area (Å²) in [5.41, 5.74) is 1.66. The molecule has 0 spiro atoms. The number of phenols is 1. The van der Waals surface area contributed by atoms with Crippen LogP contribution in [0.5, 0.6) is 5.75 Å². The summed E-state index contributed by atoms with van der Waals surface area (Å²) in [5.74, 6) is -0.867. The van der Waals surface area contributed by atoms with Crippen LogP contribution in [0, 0.1) is 6.92 Å². The Balaban J connectivity index is 1.55. The number of hydrogen-bond donors (Lipinski definition) is 3. The van der Waals surface area contributed by atoms with E-state index in [0.717, 1.165) is 11.6 Å². The minimum absolute atomic E-state index is 0.0980. The number of phenolic OH excluding ortho intramolecular Hbond substituents is 1. The first-order chi connectivity index (χ1) is 15.6. The first-order valence-electron chi connectivity index (χ1n) is 10.5. The van der Waals surface area contributed by atoms with Crippen LogP contribution in [0.15, 0.2) is 54.6 Å². The maximum atomic E-state index is 13.2. The van der Waals surface area contributed by atoms with Crippen molar-refractivity contribution in [3.63, 3.8) is 0 Å². The number of carbonyl (C=O) groups is 2. The Morgan fingerprint density at radius 3 is 2.61 bits per heavy atom. The van der Waals surface area contributed by atoms with Gasteiger partial charge in [0.25, 0.3) is 5.91 Å².